The molecule has 3 heterocycles. The minimum atomic E-state index is -3.10. The van der Waals surface area contributed by atoms with Crippen molar-refractivity contribution in [1.82, 2.24) is 23.9 Å². The second-order valence-electron chi connectivity index (χ2n) is 26.0. The molecule has 0 aromatic heterocycles. The second kappa shape index (κ2) is 31.5. The zero-order valence-electron chi connectivity index (χ0n) is 52.5. The molecule has 3 saturated heterocycles. The fourth-order valence-electron chi connectivity index (χ4n) is 11.8. The fourth-order valence-corrected chi connectivity index (χ4v) is 13.0. The van der Waals surface area contributed by atoms with E-state index in [1.807, 2.05) is 71.6 Å². The van der Waals surface area contributed by atoms with Crippen LogP contribution in [0, 0.1) is 0 Å². The first-order valence-electron chi connectivity index (χ1n) is 29.8. The summed E-state index contributed by atoms with van der Waals surface area (Å²) in [5, 5.41) is 2.33. The molecule has 0 aliphatic carbocycles. The van der Waals surface area contributed by atoms with Crippen LogP contribution in [-0.4, -0.2) is 140 Å². The SMILES string of the molecule is CC(C)=CC(CC(C)(C)c1ccc(Cl)cc1)N1CCC(OC(C)C)CC1.CC(C)=CC(CC(C)(C)c1ccc(Cl)cc1)N1CCN(C(=O)c2ccccc2)CC1.CC(C)=CC(CC(C)(C)c1ccc(Cl)cc1)N1CCN(S(C)(=O)=O)CC1. The number of hydrogen-bond acceptors (Lipinski definition) is 7. The van der Waals surface area contributed by atoms with E-state index in [1.54, 1.807) is 4.31 Å². The highest BCUT2D eigenvalue weighted by Gasteiger charge is 2.34. The second-order valence-corrected chi connectivity index (χ2v) is 29.3. The van der Waals surface area contributed by atoms with Crippen molar-refractivity contribution in [2.24, 2.45) is 0 Å². The molecular formula is C69H100Cl3N5O4S. The van der Waals surface area contributed by atoms with E-state index < -0.39 is 10.0 Å². The molecule has 13 heteroatoms. The van der Waals surface area contributed by atoms with Crippen LogP contribution in [0.3, 0.4) is 0 Å². The maximum Gasteiger partial charge on any atom is 0.253 e. The van der Waals surface area contributed by atoms with Gasteiger partial charge in [0.15, 0.2) is 0 Å². The van der Waals surface area contributed by atoms with Crippen molar-refractivity contribution < 1.29 is 17.9 Å². The first-order valence-corrected chi connectivity index (χ1v) is 32.8. The number of sulfonamides is 1. The Labute approximate surface area is 512 Å². The van der Waals surface area contributed by atoms with Crippen LogP contribution in [-0.2, 0) is 31.0 Å². The van der Waals surface area contributed by atoms with Crippen LogP contribution >= 0.6 is 34.8 Å². The maximum absolute atomic E-state index is 12.8. The number of carbonyl (C=O) groups excluding carboxylic acids is 1. The lowest BCUT2D eigenvalue weighted by molar-refractivity contribution is -0.0316. The van der Waals surface area contributed by atoms with Gasteiger partial charge < -0.3 is 9.64 Å². The van der Waals surface area contributed by atoms with Gasteiger partial charge in [-0.05, 0) is 169 Å². The van der Waals surface area contributed by atoms with Crippen molar-refractivity contribution in [2.75, 3.05) is 71.7 Å². The standard InChI is InChI=1S/C26H33ClN2O.C23H36ClNO.C20H31ClN2O2S/c1-20(2)18-24(19-26(3,4)22-10-12-23(27)13-11-22)28-14-16-29(17-15-28)25(30)21-8-6-5-7-9-21;1-17(2)15-21(25-13-11-22(12-14-25)26-18(3)4)16-23(5,6)19-7-9-20(24)10-8-19;1-16(2)14-19(22-10-12-23(13-11-22)26(5,24)25)15-20(3,4)17-6-8-18(21)9-7-17/h5-13,18,24H,14-17,19H2,1-4H3;7-10,15,18,21-22H,11-14,16H2,1-6H3;6-9,14,19H,10-13,15H2,1-5H3. The number of nitrogens with zero attached hydrogens (tertiary/aromatic N) is 5. The average molecular weight is 1200 g/mol. The largest absolute Gasteiger partial charge is 0.375 e. The zero-order valence-corrected chi connectivity index (χ0v) is 55.5. The molecule has 0 radical (unpaired) electrons. The molecule has 9 nitrogen and oxygen atoms in total. The highest BCUT2D eigenvalue weighted by atomic mass is 35.5. The van der Waals surface area contributed by atoms with Crippen LogP contribution < -0.4 is 0 Å². The summed E-state index contributed by atoms with van der Waals surface area (Å²) in [6.07, 6.45) is 14.5. The number of halogens is 3. The fraction of sp³-hybridized carbons (Fsp3) is 0.551. The summed E-state index contributed by atoms with van der Waals surface area (Å²) in [6.45, 7) is 39.2. The number of carbonyl (C=O) groups is 1. The number of benzene rings is 4. The first-order chi connectivity index (χ1) is 38.4. The van der Waals surface area contributed by atoms with Crippen LogP contribution in [0.25, 0.3) is 0 Å². The van der Waals surface area contributed by atoms with Crippen molar-refractivity contribution in [3.63, 3.8) is 0 Å². The van der Waals surface area contributed by atoms with Crippen molar-refractivity contribution in [3.8, 4) is 0 Å². The van der Waals surface area contributed by atoms with Crippen molar-refractivity contribution >= 4 is 50.7 Å². The van der Waals surface area contributed by atoms with Gasteiger partial charge in [0.2, 0.25) is 10.0 Å². The van der Waals surface area contributed by atoms with Gasteiger partial charge in [-0.1, -0.05) is 166 Å². The summed E-state index contributed by atoms with van der Waals surface area (Å²) in [7, 11) is -3.10. The number of allylic oxidation sites excluding steroid dienone is 3. The predicted molar refractivity (Wildman–Crippen MR) is 350 cm³/mol. The summed E-state index contributed by atoms with van der Waals surface area (Å²) in [5.74, 6) is 0.135. The molecule has 452 valence electrons. The number of rotatable bonds is 19. The Bertz CT molecular complexity index is 2780. The van der Waals surface area contributed by atoms with Gasteiger partial charge >= 0.3 is 0 Å². The van der Waals surface area contributed by atoms with Gasteiger partial charge in [0.1, 0.15) is 0 Å². The van der Waals surface area contributed by atoms with Gasteiger partial charge in [0.05, 0.1) is 18.5 Å². The summed E-state index contributed by atoms with van der Waals surface area (Å²) in [5.41, 5.74) is 8.83. The highest BCUT2D eigenvalue weighted by Crippen LogP contribution is 2.36. The molecule has 3 aliphatic rings. The van der Waals surface area contributed by atoms with Gasteiger partial charge in [-0.3, -0.25) is 19.5 Å². The minimum Gasteiger partial charge on any atom is -0.375 e. The van der Waals surface area contributed by atoms with E-state index in [4.69, 9.17) is 39.5 Å². The van der Waals surface area contributed by atoms with E-state index in [9.17, 15) is 13.2 Å². The van der Waals surface area contributed by atoms with E-state index in [1.165, 1.54) is 39.7 Å². The quantitative estimate of drug-likeness (QED) is 0.0866. The molecule has 82 heavy (non-hydrogen) atoms. The van der Waals surface area contributed by atoms with Crippen LogP contribution in [0.15, 0.2) is 138 Å². The minimum absolute atomic E-state index is 0.00479. The molecular weight excluding hydrogens is 1100 g/mol. The molecule has 4 aromatic rings. The average Bonchev–Trinajstić information content (AvgIpc) is 3.57. The molecule has 3 atom stereocenters. The summed E-state index contributed by atoms with van der Waals surface area (Å²) < 4.78 is 31.1. The van der Waals surface area contributed by atoms with Gasteiger partial charge in [0, 0.05) is 104 Å². The van der Waals surface area contributed by atoms with Gasteiger partial charge in [0.25, 0.3) is 5.91 Å². The number of ether oxygens (including phenoxy) is 1. The molecule has 0 N–H and O–H groups in total. The number of hydrogen-bond donors (Lipinski definition) is 0. The Morgan fingerprint density at radius 1 is 0.512 bits per heavy atom. The van der Waals surface area contributed by atoms with E-state index in [-0.39, 0.29) is 28.2 Å². The van der Waals surface area contributed by atoms with Crippen LogP contribution in [0.5, 0.6) is 0 Å². The third-order valence-corrected chi connectivity index (χ3v) is 18.4. The van der Waals surface area contributed by atoms with Crippen LogP contribution in [0.2, 0.25) is 15.1 Å². The van der Waals surface area contributed by atoms with Gasteiger partial charge in [-0.25, -0.2) is 8.42 Å². The van der Waals surface area contributed by atoms with Gasteiger partial charge in [-0.2, -0.15) is 4.31 Å². The number of amides is 1. The van der Waals surface area contributed by atoms with E-state index >= 15 is 0 Å². The Morgan fingerprint density at radius 3 is 1.13 bits per heavy atom. The number of piperidine rings is 1. The predicted octanol–water partition coefficient (Wildman–Crippen LogP) is 16.0. The topological polar surface area (TPSA) is 76.6 Å². The normalized spacial score (nSPS) is 17.6. The molecule has 0 saturated carbocycles. The third-order valence-electron chi connectivity index (χ3n) is 16.3. The third kappa shape index (κ3) is 22.2. The lowest BCUT2D eigenvalue weighted by Crippen LogP contribution is -2.52. The summed E-state index contributed by atoms with van der Waals surface area (Å²) >= 11 is 18.2. The Morgan fingerprint density at radius 2 is 0.829 bits per heavy atom. The summed E-state index contributed by atoms with van der Waals surface area (Å²) in [6, 6.07) is 35.3. The zero-order chi connectivity index (χ0) is 60.6. The monoisotopic (exact) mass is 1200 g/mol. The van der Waals surface area contributed by atoms with Crippen molar-refractivity contribution in [3.05, 3.63) is 175 Å². The molecule has 1 amide bonds. The first kappa shape index (κ1) is 69.0. The molecule has 0 spiro atoms. The summed E-state index contributed by atoms with van der Waals surface area (Å²) in [4.78, 5) is 22.3. The van der Waals surface area contributed by atoms with Crippen LogP contribution in [0.4, 0.5) is 0 Å². The molecule has 4 aromatic carbocycles. The van der Waals surface area contributed by atoms with E-state index in [0.717, 1.165) is 105 Å². The van der Waals surface area contributed by atoms with Crippen molar-refractivity contribution in [2.45, 2.75) is 176 Å². The van der Waals surface area contributed by atoms with Gasteiger partial charge in [-0.15, -0.1) is 0 Å². The van der Waals surface area contributed by atoms with Crippen molar-refractivity contribution in [1.29, 1.82) is 0 Å². The van der Waals surface area contributed by atoms with Crippen LogP contribution in [0.1, 0.15) is 156 Å². The smallest absolute Gasteiger partial charge is 0.253 e. The molecule has 3 unspecified atom stereocenters. The molecule has 3 fully saturated rings. The lowest BCUT2D eigenvalue weighted by atomic mass is 9.78. The Kier molecular flexibility index (Phi) is 26.5. The van der Waals surface area contributed by atoms with E-state index in [2.05, 4.69) is 166 Å². The Balaban J connectivity index is 0.000000226. The molecule has 7 rings (SSSR count). The number of likely N-dealkylation sites (tertiary alicyclic amines) is 1. The van der Waals surface area contributed by atoms with E-state index in [0.29, 0.717) is 37.4 Å². The molecule has 3 aliphatic heterocycles. The molecule has 0 bridgehead atoms. The number of piperazine rings is 2. The Hall–Kier alpha value is -3.81. The lowest BCUT2D eigenvalue weighted by Gasteiger charge is -2.41. The highest BCUT2D eigenvalue weighted by molar-refractivity contribution is 7.88. The maximum atomic E-state index is 12.8.